The van der Waals surface area contributed by atoms with Gasteiger partial charge in [0.15, 0.2) is 22.5 Å². The number of nitrogens with zero attached hydrogens (tertiary/aromatic N) is 3. The standard InChI is InChI=1S/C16H18FN3O2S/c1-3-20-15(10-4-5-10)18-19-16(20)23-9-13(21)11-6-7-14(22-2)12(17)8-11/h6-8,10H,3-5,9H2,1-2H3. The summed E-state index contributed by atoms with van der Waals surface area (Å²) in [4.78, 5) is 12.2. The molecule has 7 heteroatoms. The molecule has 1 fully saturated rings. The molecule has 1 saturated carbocycles. The van der Waals surface area contributed by atoms with Crippen LogP contribution < -0.4 is 4.74 Å². The Morgan fingerprint density at radius 3 is 2.83 bits per heavy atom. The summed E-state index contributed by atoms with van der Waals surface area (Å²) >= 11 is 1.34. The highest BCUT2D eigenvalue weighted by Gasteiger charge is 2.30. The molecule has 0 amide bonds. The van der Waals surface area contributed by atoms with E-state index in [-0.39, 0.29) is 17.3 Å². The smallest absolute Gasteiger partial charge is 0.191 e. The molecule has 23 heavy (non-hydrogen) atoms. The molecule has 2 aromatic rings. The number of hydrogen-bond donors (Lipinski definition) is 0. The Morgan fingerprint density at radius 1 is 1.43 bits per heavy atom. The molecule has 0 unspecified atom stereocenters. The molecule has 0 atom stereocenters. The van der Waals surface area contributed by atoms with Crippen LogP contribution in [0.2, 0.25) is 0 Å². The number of halogens is 1. The van der Waals surface area contributed by atoms with Crippen LogP contribution in [0.25, 0.3) is 0 Å². The lowest BCUT2D eigenvalue weighted by molar-refractivity contribution is 0.102. The number of rotatable bonds is 7. The molecular formula is C16H18FN3O2S. The van der Waals surface area contributed by atoms with Gasteiger partial charge in [0, 0.05) is 18.0 Å². The van der Waals surface area contributed by atoms with Gasteiger partial charge in [-0.2, -0.15) is 0 Å². The number of carbonyl (C=O) groups excluding carboxylic acids is 1. The monoisotopic (exact) mass is 335 g/mol. The van der Waals surface area contributed by atoms with Crippen LogP contribution in [0.3, 0.4) is 0 Å². The first-order valence-corrected chi connectivity index (χ1v) is 8.55. The van der Waals surface area contributed by atoms with E-state index in [0.29, 0.717) is 11.5 Å². The topological polar surface area (TPSA) is 57.0 Å². The molecule has 0 N–H and O–H groups in total. The first-order chi connectivity index (χ1) is 11.1. The van der Waals surface area contributed by atoms with E-state index < -0.39 is 5.82 Å². The Balaban J connectivity index is 1.68. The van der Waals surface area contributed by atoms with Gasteiger partial charge >= 0.3 is 0 Å². The molecule has 0 bridgehead atoms. The van der Waals surface area contributed by atoms with Crippen molar-refractivity contribution in [3.63, 3.8) is 0 Å². The summed E-state index contributed by atoms with van der Waals surface area (Å²) in [6, 6.07) is 4.25. The summed E-state index contributed by atoms with van der Waals surface area (Å²) in [5.74, 6) is 1.19. The summed E-state index contributed by atoms with van der Waals surface area (Å²) < 4.78 is 20.6. The molecule has 1 aromatic carbocycles. The van der Waals surface area contributed by atoms with Crippen LogP contribution in [-0.2, 0) is 6.54 Å². The van der Waals surface area contributed by atoms with E-state index in [4.69, 9.17) is 4.74 Å². The van der Waals surface area contributed by atoms with Crippen LogP contribution in [0.15, 0.2) is 23.4 Å². The van der Waals surface area contributed by atoms with Gasteiger partial charge < -0.3 is 9.30 Å². The zero-order valence-electron chi connectivity index (χ0n) is 13.1. The van der Waals surface area contributed by atoms with Crippen LogP contribution in [0.4, 0.5) is 4.39 Å². The number of ether oxygens (including phenoxy) is 1. The van der Waals surface area contributed by atoms with Gasteiger partial charge in [-0.05, 0) is 38.0 Å². The van der Waals surface area contributed by atoms with Crippen molar-refractivity contribution in [1.29, 1.82) is 0 Å². The Bertz CT molecular complexity index is 728. The van der Waals surface area contributed by atoms with Crippen LogP contribution >= 0.6 is 11.8 Å². The second-order valence-electron chi connectivity index (χ2n) is 5.42. The molecule has 0 saturated heterocycles. The van der Waals surface area contributed by atoms with E-state index in [0.717, 1.165) is 30.4 Å². The third-order valence-corrected chi connectivity index (χ3v) is 4.78. The molecule has 0 radical (unpaired) electrons. The molecule has 1 aromatic heterocycles. The maximum absolute atomic E-state index is 13.7. The molecule has 1 heterocycles. The predicted octanol–water partition coefficient (Wildman–Crippen LogP) is 3.30. The van der Waals surface area contributed by atoms with Gasteiger partial charge in [0.1, 0.15) is 5.82 Å². The number of Topliss-reactive ketones (excluding diaryl/α,β-unsaturated/α-hetero) is 1. The fraction of sp³-hybridized carbons (Fsp3) is 0.438. The summed E-state index contributed by atoms with van der Waals surface area (Å²) in [7, 11) is 1.39. The van der Waals surface area contributed by atoms with Gasteiger partial charge in [0.05, 0.1) is 12.9 Å². The average Bonchev–Trinajstić information content (AvgIpc) is 3.32. The van der Waals surface area contributed by atoms with E-state index >= 15 is 0 Å². The Kier molecular flexibility index (Phi) is 4.66. The lowest BCUT2D eigenvalue weighted by atomic mass is 10.1. The van der Waals surface area contributed by atoms with Crippen LogP contribution in [0, 0.1) is 5.82 Å². The van der Waals surface area contributed by atoms with E-state index in [9.17, 15) is 9.18 Å². The van der Waals surface area contributed by atoms with Crippen molar-refractivity contribution in [2.24, 2.45) is 0 Å². The first kappa shape index (κ1) is 16.0. The minimum Gasteiger partial charge on any atom is -0.494 e. The van der Waals surface area contributed by atoms with Crippen molar-refractivity contribution in [3.8, 4) is 5.75 Å². The number of hydrogen-bond acceptors (Lipinski definition) is 5. The molecule has 5 nitrogen and oxygen atoms in total. The zero-order chi connectivity index (χ0) is 16.4. The van der Waals surface area contributed by atoms with Crippen LogP contribution in [0.1, 0.15) is 41.9 Å². The highest BCUT2D eigenvalue weighted by molar-refractivity contribution is 7.99. The maximum atomic E-state index is 13.7. The highest BCUT2D eigenvalue weighted by Crippen LogP contribution is 2.40. The molecule has 1 aliphatic rings. The van der Waals surface area contributed by atoms with Gasteiger partial charge in [-0.3, -0.25) is 4.79 Å². The largest absolute Gasteiger partial charge is 0.494 e. The maximum Gasteiger partial charge on any atom is 0.191 e. The summed E-state index contributed by atoms with van der Waals surface area (Å²) in [5.41, 5.74) is 0.334. The predicted molar refractivity (Wildman–Crippen MR) is 85.7 cm³/mol. The van der Waals surface area contributed by atoms with E-state index in [1.807, 2.05) is 6.92 Å². The number of methoxy groups -OCH3 is 1. The normalized spacial score (nSPS) is 14.0. The van der Waals surface area contributed by atoms with Crippen molar-refractivity contribution in [3.05, 3.63) is 35.4 Å². The van der Waals surface area contributed by atoms with Crippen LogP contribution in [0.5, 0.6) is 5.75 Å². The lowest BCUT2D eigenvalue weighted by Gasteiger charge is -2.07. The van der Waals surface area contributed by atoms with E-state index in [1.165, 1.54) is 31.0 Å². The Labute approximate surface area is 138 Å². The second-order valence-corrected chi connectivity index (χ2v) is 6.36. The molecule has 3 rings (SSSR count). The minimum absolute atomic E-state index is 0.133. The summed E-state index contributed by atoms with van der Waals surface area (Å²) in [6.45, 7) is 2.83. The molecular weight excluding hydrogens is 317 g/mol. The quantitative estimate of drug-likeness (QED) is 0.574. The third-order valence-electron chi connectivity index (χ3n) is 3.81. The Morgan fingerprint density at radius 2 is 2.22 bits per heavy atom. The van der Waals surface area contributed by atoms with Gasteiger partial charge in [-0.1, -0.05) is 11.8 Å². The van der Waals surface area contributed by atoms with Gasteiger partial charge in [0.25, 0.3) is 0 Å². The average molecular weight is 335 g/mol. The van der Waals surface area contributed by atoms with Crippen molar-refractivity contribution in [2.45, 2.75) is 37.4 Å². The van der Waals surface area contributed by atoms with E-state index in [2.05, 4.69) is 14.8 Å². The number of aromatic nitrogens is 3. The summed E-state index contributed by atoms with van der Waals surface area (Å²) in [5, 5.41) is 9.18. The van der Waals surface area contributed by atoms with Gasteiger partial charge in [-0.15, -0.1) is 10.2 Å². The van der Waals surface area contributed by atoms with Gasteiger partial charge in [-0.25, -0.2) is 4.39 Å². The number of ketones is 1. The summed E-state index contributed by atoms with van der Waals surface area (Å²) in [6.07, 6.45) is 2.32. The van der Waals surface area contributed by atoms with Crippen molar-refractivity contribution in [1.82, 2.24) is 14.8 Å². The lowest BCUT2D eigenvalue weighted by Crippen LogP contribution is -2.06. The highest BCUT2D eigenvalue weighted by atomic mass is 32.2. The fourth-order valence-electron chi connectivity index (χ4n) is 2.40. The van der Waals surface area contributed by atoms with Gasteiger partial charge in [0.2, 0.25) is 0 Å². The number of carbonyl (C=O) groups is 1. The zero-order valence-corrected chi connectivity index (χ0v) is 13.9. The molecule has 1 aliphatic carbocycles. The Hall–Kier alpha value is -1.89. The number of benzene rings is 1. The molecule has 122 valence electrons. The minimum atomic E-state index is -0.531. The fourth-order valence-corrected chi connectivity index (χ4v) is 3.30. The second kappa shape index (κ2) is 6.70. The SMILES string of the molecule is CCn1c(SCC(=O)c2ccc(OC)c(F)c2)nnc1C1CC1. The van der Waals surface area contributed by atoms with E-state index in [1.54, 1.807) is 6.07 Å². The van der Waals surface area contributed by atoms with Crippen molar-refractivity contribution < 1.29 is 13.9 Å². The van der Waals surface area contributed by atoms with Crippen molar-refractivity contribution in [2.75, 3.05) is 12.9 Å². The third kappa shape index (κ3) is 3.39. The first-order valence-electron chi connectivity index (χ1n) is 7.56. The van der Waals surface area contributed by atoms with Crippen molar-refractivity contribution >= 4 is 17.5 Å². The molecule has 0 spiro atoms. The van der Waals surface area contributed by atoms with Crippen LogP contribution in [-0.4, -0.2) is 33.4 Å². The molecule has 0 aliphatic heterocycles. The number of thioether (sulfide) groups is 1.